The van der Waals surface area contributed by atoms with Crippen molar-refractivity contribution >= 4 is 22.8 Å². The first-order valence-electron chi connectivity index (χ1n) is 6.05. The molecule has 0 aliphatic heterocycles. The van der Waals surface area contributed by atoms with Crippen molar-refractivity contribution in [2.45, 2.75) is 19.4 Å². The van der Waals surface area contributed by atoms with E-state index in [1.54, 1.807) is 12.4 Å². The maximum absolute atomic E-state index is 5.91. The van der Waals surface area contributed by atoms with E-state index >= 15 is 0 Å². The fourth-order valence-corrected chi connectivity index (χ4v) is 2.28. The smallest absolute Gasteiger partial charge is 0.178 e. The normalized spacial score (nSPS) is 12.7. The Morgan fingerprint density at radius 2 is 2.21 bits per heavy atom. The standard InChI is InChI=1S/C13H12ClN5/c1-2-11(9-4-3-5-15-6-9)19-13-10(7-17-19)16-8-12(14)18-13/h3-8,11H,2H2,1H3. The quantitative estimate of drug-likeness (QED) is 0.736. The van der Waals surface area contributed by atoms with Crippen LogP contribution in [0.3, 0.4) is 0 Å². The molecule has 6 heteroatoms. The molecule has 0 aromatic carbocycles. The van der Waals surface area contributed by atoms with E-state index < -0.39 is 0 Å². The van der Waals surface area contributed by atoms with Crippen LogP contribution in [0.2, 0.25) is 5.15 Å². The third-order valence-corrected chi connectivity index (χ3v) is 3.21. The number of aromatic nitrogens is 5. The highest BCUT2D eigenvalue weighted by molar-refractivity contribution is 6.29. The summed E-state index contributed by atoms with van der Waals surface area (Å²) in [5.74, 6) is 0. The zero-order valence-electron chi connectivity index (χ0n) is 10.4. The molecule has 0 saturated heterocycles. The van der Waals surface area contributed by atoms with Crippen LogP contribution in [0.4, 0.5) is 0 Å². The minimum atomic E-state index is 0.0824. The van der Waals surface area contributed by atoms with E-state index in [-0.39, 0.29) is 6.04 Å². The lowest BCUT2D eigenvalue weighted by atomic mass is 10.1. The van der Waals surface area contributed by atoms with E-state index in [1.165, 1.54) is 6.20 Å². The summed E-state index contributed by atoms with van der Waals surface area (Å²) in [4.78, 5) is 12.7. The predicted octanol–water partition coefficient (Wildman–Crippen LogP) is 2.87. The van der Waals surface area contributed by atoms with Gasteiger partial charge >= 0.3 is 0 Å². The van der Waals surface area contributed by atoms with Crippen LogP contribution < -0.4 is 0 Å². The molecule has 0 amide bonds. The van der Waals surface area contributed by atoms with Crippen LogP contribution in [0, 0.1) is 0 Å². The Kier molecular flexibility index (Phi) is 3.13. The Balaban J connectivity index is 2.14. The lowest BCUT2D eigenvalue weighted by molar-refractivity contribution is 0.520. The van der Waals surface area contributed by atoms with Crippen LogP contribution in [-0.4, -0.2) is 24.7 Å². The lowest BCUT2D eigenvalue weighted by Crippen LogP contribution is -2.12. The van der Waals surface area contributed by atoms with Gasteiger partial charge in [-0.2, -0.15) is 5.10 Å². The van der Waals surface area contributed by atoms with Gasteiger partial charge < -0.3 is 0 Å². The highest BCUT2D eigenvalue weighted by atomic mass is 35.5. The van der Waals surface area contributed by atoms with E-state index in [0.717, 1.165) is 17.5 Å². The number of rotatable bonds is 3. The van der Waals surface area contributed by atoms with Gasteiger partial charge in [0.05, 0.1) is 18.4 Å². The van der Waals surface area contributed by atoms with E-state index in [9.17, 15) is 0 Å². The molecule has 3 rings (SSSR count). The molecule has 0 bridgehead atoms. The zero-order chi connectivity index (χ0) is 13.2. The molecule has 0 N–H and O–H groups in total. The molecule has 3 aromatic rings. The number of hydrogen-bond acceptors (Lipinski definition) is 4. The highest BCUT2D eigenvalue weighted by Gasteiger charge is 2.16. The summed E-state index contributed by atoms with van der Waals surface area (Å²) >= 11 is 5.91. The SMILES string of the molecule is CCC(c1cccnc1)n1ncc2ncc(Cl)nc21. The number of fused-ring (bicyclic) bond motifs is 1. The molecule has 19 heavy (non-hydrogen) atoms. The lowest BCUT2D eigenvalue weighted by Gasteiger charge is -2.16. The second-order valence-corrected chi connectivity index (χ2v) is 4.59. The molecule has 1 atom stereocenters. The van der Waals surface area contributed by atoms with Gasteiger partial charge in [0.1, 0.15) is 10.7 Å². The fourth-order valence-electron chi connectivity index (χ4n) is 2.15. The largest absolute Gasteiger partial charge is 0.264 e. The second kappa shape index (κ2) is 4.93. The second-order valence-electron chi connectivity index (χ2n) is 4.20. The molecule has 3 heterocycles. The average molecular weight is 274 g/mol. The van der Waals surface area contributed by atoms with Crippen LogP contribution in [-0.2, 0) is 0 Å². The molecule has 96 valence electrons. The molecule has 0 aliphatic carbocycles. The van der Waals surface area contributed by atoms with E-state index in [4.69, 9.17) is 11.6 Å². The van der Waals surface area contributed by atoms with Gasteiger partial charge in [-0.1, -0.05) is 24.6 Å². The third-order valence-electron chi connectivity index (χ3n) is 3.02. The molecule has 5 nitrogen and oxygen atoms in total. The monoisotopic (exact) mass is 273 g/mol. The fraction of sp³-hybridized carbons (Fsp3) is 0.231. The summed E-state index contributed by atoms with van der Waals surface area (Å²) in [5, 5.41) is 4.76. The number of halogens is 1. The first-order chi connectivity index (χ1) is 9.29. The molecule has 0 saturated carbocycles. The van der Waals surface area contributed by atoms with Crippen LogP contribution in [0.5, 0.6) is 0 Å². The van der Waals surface area contributed by atoms with Crippen LogP contribution in [0.1, 0.15) is 24.9 Å². The molecule has 1 unspecified atom stereocenters. The van der Waals surface area contributed by atoms with Crippen molar-refractivity contribution in [2.24, 2.45) is 0 Å². The van der Waals surface area contributed by atoms with Crippen molar-refractivity contribution in [1.82, 2.24) is 24.7 Å². The summed E-state index contributed by atoms with van der Waals surface area (Å²) in [5.41, 5.74) is 2.53. The van der Waals surface area contributed by atoms with Gasteiger partial charge in [0.2, 0.25) is 0 Å². The highest BCUT2D eigenvalue weighted by Crippen LogP contribution is 2.24. The van der Waals surface area contributed by atoms with Crippen LogP contribution >= 0.6 is 11.6 Å². The third kappa shape index (κ3) is 2.17. The van der Waals surface area contributed by atoms with E-state index in [2.05, 4.69) is 27.0 Å². The summed E-state index contributed by atoms with van der Waals surface area (Å²) in [6.07, 6.45) is 7.73. The number of nitrogens with zero attached hydrogens (tertiary/aromatic N) is 5. The van der Waals surface area contributed by atoms with Gasteiger partial charge in [-0.05, 0) is 18.1 Å². The number of hydrogen-bond donors (Lipinski definition) is 0. The van der Waals surface area contributed by atoms with Gasteiger partial charge in [0.25, 0.3) is 0 Å². The molecule has 0 fully saturated rings. The molecule has 0 aliphatic rings. The van der Waals surface area contributed by atoms with Crippen molar-refractivity contribution in [3.63, 3.8) is 0 Å². The van der Waals surface area contributed by atoms with Crippen molar-refractivity contribution < 1.29 is 0 Å². The Morgan fingerprint density at radius 1 is 1.32 bits per heavy atom. The maximum Gasteiger partial charge on any atom is 0.178 e. The van der Waals surface area contributed by atoms with Crippen molar-refractivity contribution in [3.05, 3.63) is 47.6 Å². The first kappa shape index (κ1) is 12.0. The predicted molar refractivity (Wildman–Crippen MR) is 73.0 cm³/mol. The van der Waals surface area contributed by atoms with Crippen LogP contribution in [0.25, 0.3) is 11.2 Å². The first-order valence-corrected chi connectivity index (χ1v) is 6.43. The van der Waals surface area contributed by atoms with Crippen LogP contribution in [0.15, 0.2) is 36.9 Å². The minimum absolute atomic E-state index is 0.0824. The van der Waals surface area contributed by atoms with Gasteiger partial charge in [-0.15, -0.1) is 0 Å². The molecular weight excluding hydrogens is 262 g/mol. The van der Waals surface area contributed by atoms with Crippen molar-refractivity contribution in [1.29, 1.82) is 0 Å². The Bertz CT molecular complexity index is 695. The Morgan fingerprint density at radius 3 is 2.95 bits per heavy atom. The summed E-state index contributed by atoms with van der Waals surface area (Å²) in [6.45, 7) is 2.10. The van der Waals surface area contributed by atoms with Gasteiger partial charge in [0, 0.05) is 12.4 Å². The minimum Gasteiger partial charge on any atom is -0.264 e. The van der Waals surface area contributed by atoms with Gasteiger partial charge in [-0.3, -0.25) is 4.98 Å². The molecular formula is C13H12ClN5. The van der Waals surface area contributed by atoms with Gasteiger partial charge in [0.15, 0.2) is 5.65 Å². The van der Waals surface area contributed by atoms with E-state index in [1.807, 2.05) is 23.0 Å². The topological polar surface area (TPSA) is 56.5 Å². The Hall–Kier alpha value is -2.01. The molecule has 0 radical (unpaired) electrons. The van der Waals surface area contributed by atoms with Crippen molar-refractivity contribution in [2.75, 3.05) is 0 Å². The maximum atomic E-state index is 5.91. The van der Waals surface area contributed by atoms with Gasteiger partial charge in [-0.25, -0.2) is 14.6 Å². The molecule has 3 aromatic heterocycles. The van der Waals surface area contributed by atoms with Crippen molar-refractivity contribution in [3.8, 4) is 0 Å². The van der Waals surface area contributed by atoms with E-state index in [0.29, 0.717) is 10.8 Å². The zero-order valence-corrected chi connectivity index (χ0v) is 11.1. The molecule has 0 spiro atoms. The Labute approximate surface area is 115 Å². The average Bonchev–Trinajstić information content (AvgIpc) is 2.84. The number of pyridine rings is 1. The summed E-state index contributed by atoms with van der Waals surface area (Å²) in [7, 11) is 0. The summed E-state index contributed by atoms with van der Waals surface area (Å²) < 4.78 is 1.85. The summed E-state index contributed by atoms with van der Waals surface area (Å²) in [6, 6.07) is 4.04.